The molecule has 2 aliphatic carbocycles. The van der Waals surface area contributed by atoms with Gasteiger partial charge in [-0.2, -0.15) is 0 Å². The van der Waals surface area contributed by atoms with Crippen LogP contribution in [0.25, 0.3) is 0 Å². The van der Waals surface area contributed by atoms with Crippen molar-refractivity contribution in [2.24, 2.45) is 5.92 Å². The van der Waals surface area contributed by atoms with Gasteiger partial charge in [-0.3, -0.25) is 4.90 Å². The van der Waals surface area contributed by atoms with Gasteiger partial charge in [0.2, 0.25) is 0 Å². The van der Waals surface area contributed by atoms with Crippen molar-refractivity contribution in [3.05, 3.63) is 0 Å². The van der Waals surface area contributed by atoms with Crippen molar-refractivity contribution >= 4 is 0 Å². The van der Waals surface area contributed by atoms with Gasteiger partial charge in [-0.05, 0) is 45.6 Å². The molecule has 104 valence electrons. The zero-order chi connectivity index (χ0) is 12.6. The predicted molar refractivity (Wildman–Crippen MR) is 76.8 cm³/mol. The molecule has 1 N–H and O–H groups in total. The lowest BCUT2D eigenvalue weighted by Gasteiger charge is -2.53. The summed E-state index contributed by atoms with van der Waals surface area (Å²) in [4.78, 5) is 2.80. The molecule has 0 unspecified atom stereocenters. The Morgan fingerprint density at radius 1 is 1.11 bits per heavy atom. The van der Waals surface area contributed by atoms with Crippen molar-refractivity contribution in [2.45, 2.75) is 76.3 Å². The summed E-state index contributed by atoms with van der Waals surface area (Å²) < 4.78 is 0. The van der Waals surface area contributed by atoms with Gasteiger partial charge >= 0.3 is 0 Å². The molecular weight excluding hydrogens is 220 g/mol. The average molecular weight is 250 g/mol. The molecule has 2 saturated carbocycles. The fraction of sp³-hybridized carbons (Fsp3) is 1.00. The van der Waals surface area contributed by atoms with E-state index < -0.39 is 0 Å². The fourth-order valence-corrected chi connectivity index (χ4v) is 3.84. The molecule has 0 amide bonds. The molecule has 0 aromatic carbocycles. The highest BCUT2D eigenvalue weighted by Crippen LogP contribution is 2.37. The van der Waals surface area contributed by atoms with Gasteiger partial charge in [0.1, 0.15) is 0 Å². The smallest absolute Gasteiger partial charge is 0.0309 e. The van der Waals surface area contributed by atoms with E-state index in [1.807, 2.05) is 0 Å². The summed E-state index contributed by atoms with van der Waals surface area (Å²) in [6, 6.07) is 0. The Hall–Kier alpha value is -0.0800. The predicted octanol–water partition coefficient (Wildman–Crippen LogP) is 3.17. The number of nitrogens with one attached hydrogen (secondary N) is 1. The fourth-order valence-electron chi connectivity index (χ4n) is 3.84. The van der Waals surface area contributed by atoms with Crippen molar-refractivity contribution in [1.29, 1.82) is 0 Å². The van der Waals surface area contributed by atoms with Gasteiger partial charge in [0.25, 0.3) is 0 Å². The van der Waals surface area contributed by atoms with E-state index in [4.69, 9.17) is 0 Å². The molecular formula is C16H30N2. The van der Waals surface area contributed by atoms with Crippen LogP contribution < -0.4 is 5.32 Å². The molecule has 0 bridgehead atoms. The second-order valence-corrected chi connectivity index (χ2v) is 7.66. The van der Waals surface area contributed by atoms with E-state index in [1.54, 1.807) is 0 Å². The molecule has 3 fully saturated rings. The zero-order valence-electron chi connectivity index (χ0n) is 12.3. The molecule has 0 aromatic rings. The van der Waals surface area contributed by atoms with Crippen LogP contribution in [0.1, 0.15) is 65.2 Å². The topological polar surface area (TPSA) is 15.3 Å². The second kappa shape index (κ2) is 4.79. The number of rotatable bonds is 3. The van der Waals surface area contributed by atoms with Gasteiger partial charge in [0.05, 0.1) is 0 Å². The maximum Gasteiger partial charge on any atom is 0.0309 e. The van der Waals surface area contributed by atoms with Crippen LogP contribution in [0.15, 0.2) is 0 Å². The Labute approximate surface area is 113 Å². The Kier molecular flexibility index (Phi) is 3.44. The maximum absolute atomic E-state index is 3.92. The van der Waals surface area contributed by atoms with Crippen LogP contribution in [0, 0.1) is 5.92 Å². The summed E-state index contributed by atoms with van der Waals surface area (Å²) >= 11 is 0. The summed E-state index contributed by atoms with van der Waals surface area (Å²) in [5, 5.41) is 3.92. The zero-order valence-corrected chi connectivity index (χ0v) is 12.3. The third kappa shape index (κ3) is 2.75. The molecule has 0 atom stereocenters. The summed E-state index contributed by atoms with van der Waals surface area (Å²) in [5.41, 5.74) is 0.828. The van der Waals surface area contributed by atoms with Crippen LogP contribution in [0.4, 0.5) is 0 Å². The van der Waals surface area contributed by atoms with E-state index in [1.165, 1.54) is 71.0 Å². The SMILES string of the molecule is CC1(C)CNC2(CCCCC2)CN1CCC1CC1. The molecule has 3 aliphatic rings. The van der Waals surface area contributed by atoms with Gasteiger partial charge in [-0.1, -0.05) is 32.1 Å². The highest BCUT2D eigenvalue weighted by atomic mass is 15.3. The first-order chi connectivity index (χ1) is 8.60. The van der Waals surface area contributed by atoms with Crippen LogP contribution in [-0.4, -0.2) is 35.6 Å². The molecule has 0 aromatic heterocycles. The highest BCUT2D eigenvalue weighted by Gasteiger charge is 2.43. The summed E-state index contributed by atoms with van der Waals surface area (Å²) in [7, 11) is 0. The number of nitrogens with zero attached hydrogens (tertiary/aromatic N) is 1. The third-order valence-corrected chi connectivity index (χ3v) is 5.56. The molecule has 3 rings (SSSR count). The third-order valence-electron chi connectivity index (χ3n) is 5.56. The van der Waals surface area contributed by atoms with Gasteiger partial charge in [-0.25, -0.2) is 0 Å². The van der Waals surface area contributed by atoms with E-state index in [2.05, 4.69) is 24.1 Å². The molecule has 18 heavy (non-hydrogen) atoms. The Morgan fingerprint density at radius 2 is 1.83 bits per heavy atom. The maximum atomic E-state index is 3.92. The minimum Gasteiger partial charge on any atom is -0.308 e. The largest absolute Gasteiger partial charge is 0.308 e. The normalized spacial score (nSPS) is 31.7. The molecule has 2 heteroatoms. The quantitative estimate of drug-likeness (QED) is 0.827. The second-order valence-electron chi connectivity index (χ2n) is 7.66. The molecule has 2 nitrogen and oxygen atoms in total. The van der Waals surface area contributed by atoms with Crippen LogP contribution in [0.2, 0.25) is 0 Å². The van der Waals surface area contributed by atoms with Crippen molar-refractivity contribution in [3.8, 4) is 0 Å². The van der Waals surface area contributed by atoms with E-state index in [-0.39, 0.29) is 0 Å². The minimum absolute atomic E-state index is 0.359. The monoisotopic (exact) mass is 250 g/mol. The average Bonchev–Trinajstić information content (AvgIpc) is 3.16. The molecule has 1 spiro atoms. The first kappa shape index (κ1) is 12.9. The van der Waals surface area contributed by atoms with Gasteiger partial charge in [-0.15, -0.1) is 0 Å². The van der Waals surface area contributed by atoms with Crippen molar-refractivity contribution < 1.29 is 0 Å². The molecule has 1 heterocycles. The van der Waals surface area contributed by atoms with Crippen molar-refractivity contribution in [1.82, 2.24) is 10.2 Å². The van der Waals surface area contributed by atoms with E-state index >= 15 is 0 Å². The van der Waals surface area contributed by atoms with E-state index in [0.717, 1.165) is 5.92 Å². The Morgan fingerprint density at radius 3 is 2.50 bits per heavy atom. The lowest BCUT2D eigenvalue weighted by atomic mass is 9.77. The minimum atomic E-state index is 0.359. The van der Waals surface area contributed by atoms with E-state index in [9.17, 15) is 0 Å². The Bertz CT molecular complexity index is 287. The van der Waals surface area contributed by atoms with Crippen LogP contribution >= 0.6 is 0 Å². The summed E-state index contributed by atoms with van der Waals surface area (Å²) in [6.07, 6.45) is 11.6. The molecule has 1 aliphatic heterocycles. The van der Waals surface area contributed by atoms with Gasteiger partial charge < -0.3 is 5.32 Å². The lowest BCUT2D eigenvalue weighted by molar-refractivity contribution is 0.00925. The number of hydrogen-bond acceptors (Lipinski definition) is 2. The van der Waals surface area contributed by atoms with E-state index in [0.29, 0.717) is 11.1 Å². The number of hydrogen-bond donors (Lipinski definition) is 1. The first-order valence-electron chi connectivity index (χ1n) is 8.10. The standard InChI is InChI=1S/C16H30N2/c1-15(2)12-17-16(9-4-3-5-10-16)13-18(15)11-8-14-6-7-14/h14,17H,3-13H2,1-2H3. The first-order valence-corrected chi connectivity index (χ1v) is 8.10. The highest BCUT2D eigenvalue weighted by molar-refractivity contribution is 5.03. The lowest BCUT2D eigenvalue weighted by Crippen LogP contribution is -2.68. The van der Waals surface area contributed by atoms with Crippen molar-refractivity contribution in [2.75, 3.05) is 19.6 Å². The summed E-state index contributed by atoms with van der Waals surface area (Å²) in [6.45, 7) is 8.65. The van der Waals surface area contributed by atoms with Crippen LogP contribution in [0.5, 0.6) is 0 Å². The van der Waals surface area contributed by atoms with Crippen LogP contribution in [-0.2, 0) is 0 Å². The summed E-state index contributed by atoms with van der Waals surface area (Å²) in [5.74, 6) is 1.07. The van der Waals surface area contributed by atoms with Crippen molar-refractivity contribution in [3.63, 3.8) is 0 Å². The van der Waals surface area contributed by atoms with Gasteiger partial charge in [0.15, 0.2) is 0 Å². The Balaban J connectivity index is 1.63. The van der Waals surface area contributed by atoms with Crippen LogP contribution in [0.3, 0.4) is 0 Å². The number of piperazine rings is 1. The molecule has 0 radical (unpaired) electrons. The molecule has 1 saturated heterocycles. The van der Waals surface area contributed by atoms with Gasteiger partial charge in [0, 0.05) is 24.2 Å².